The number of hydrogen-bond donors (Lipinski definition) is 2. The first-order chi connectivity index (χ1) is 8.97. The van der Waals surface area contributed by atoms with Crippen LogP contribution in [0.1, 0.15) is 10.4 Å². The molecular weight excluding hydrogens is 274 g/mol. The van der Waals surface area contributed by atoms with Crippen LogP contribution in [0, 0.1) is 11.6 Å². The highest BCUT2D eigenvalue weighted by Gasteiger charge is 2.13. The molecule has 0 atom stereocenters. The molecule has 0 aliphatic heterocycles. The molecule has 0 radical (unpaired) electrons. The fraction of sp³-hybridized carbons (Fsp3) is 0. The smallest absolute Gasteiger partial charge is 0.258 e. The van der Waals surface area contributed by atoms with Crippen molar-refractivity contribution < 1.29 is 13.6 Å². The van der Waals surface area contributed by atoms with Gasteiger partial charge in [-0.3, -0.25) is 4.79 Å². The normalized spacial score (nSPS) is 10.3. The molecule has 0 bridgehead atoms. The average Bonchev–Trinajstić information content (AvgIpc) is 2.36. The Kier molecular flexibility index (Phi) is 3.66. The van der Waals surface area contributed by atoms with Crippen molar-refractivity contribution in [1.29, 1.82) is 0 Å². The van der Waals surface area contributed by atoms with Crippen molar-refractivity contribution in [2.45, 2.75) is 0 Å². The summed E-state index contributed by atoms with van der Waals surface area (Å²) in [6, 6.07) is 7.39. The number of rotatable bonds is 2. The monoisotopic (exact) mass is 282 g/mol. The van der Waals surface area contributed by atoms with Crippen LogP contribution in [0.2, 0.25) is 5.02 Å². The summed E-state index contributed by atoms with van der Waals surface area (Å²) in [6.07, 6.45) is 0. The van der Waals surface area contributed by atoms with E-state index in [-0.39, 0.29) is 22.0 Å². The molecule has 6 heteroatoms. The van der Waals surface area contributed by atoms with Crippen LogP contribution in [-0.4, -0.2) is 5.91 Å². The predicted octanol–water partition coefficient (Wildman–Crippen LogP) is 3.45. The number of nitrogen functional groups attached to an aromatic ring is 1. The van der Waals surface area contributed by atoms with Gasteiger partial charge in [-0.1, -0.05) is 11.6 Å². The Morgan fingerprint density at radius 1 is 1.11 bits per heavy atom. The van der Waals surface area contributed by atoms with Gasteiger partial charge >= 0.3 is 0 Å². The third-order valence-corrected chi connectivity index (χ3v) is 2.72. The molecule has 98 valence electrons. The molecular formula is C13H9ClF2N2O. The maximum absolute atomic E-state index is 13.5. The van der Waals surface area contributed by atoms with Gasteiger partial charge in [-0.05, 0) is 36.4 Å². The Balaban J connectivity index is 2.25. The third-order valence-electron chi connectivity index (χ3n) is 2.41. The second kappa shape index (κ2) is 5.24. The summed E-state index contributed by atoms with van der Waals surface area (Å²) in [5.74, 6) is -2.10. The van der Waals surface area contributed by atoms with Crippen molar-refractivity contribution in [3.8, 4) is 0 Å². The first-order valence-electron chi connectivity index (χ1n) is 5.29. The van der Waals surface area contributed by atoms with E-state index in [0.29, 0.717) is 0 Å². The van der Waals surface area contributed by atoms with Crippen LogP contribution in [0.5, 0.6) is 0 Å². The standard InChI is InChI=1S/C13H9ClF2N2O/c14-10-3-2-8(6-12(10)16)18-13(19)9-5-7(17)1-4-11(9)15/h1-6H,17H2,(H,18,19). The first-order valence-corrected chi connectivity index (χ1v) is 5.66. The zero-order valence-electron chi connectivity index (χ0n) is 9.58. The molecule has 0 aliphatic carbocycles. The number of carbonyl (C=O) groups excluding carboxylic acids is 1. The van der Waals surface area contributed by atoms with E-state index in [1.807, 2.05) is 0 Å². The lowest BCUT2D eigenvalue weighted by atomic mass is 10.1. The maximum Gasteiger partial charge on any atom is 0.258 e. The van der Waals surface area contributed by atoms with E-state index < -0.39 is 17.5 Å². The number of amides is 1. The maximum atomic E-state index is 13.5. The molecule has 2 aromatic carbocycles. The molecule has 0 fully saturated rings. The van der Waals surface area contributed by atoms with Crippen LogP contribution in [-0.2, 0) is 0 Å². The highest BCUT2D eigenvalue weighted by molar-refractivity contribution is 6.30. The van der Waals surface area contributed by atoms with Crippen LogP contribution in [0.15, 0.2) is 36.4 Å². The molecule has 1 amide bonds. The van der Waals surface area contributed by atoms with Gasteiger partial charge in [-0.2, -0.15) is 0 Å². The number of nitrogens with one attached hydrogen (secondary N) is 1. The molecule has 0 heterocycles. The molecule has 0 aliphatic rings. The number of nitrogens with two attached hydrogens (primary N) is 1. The Bertz CT molecular complexity index is 647. The molecule has 3 nitrogen and oxygen atoms in total. The summed E-state index contributed by atoms with van der Waals surface area (Å²) in [4.78, 5) is 11.8. The lowest BCUT2D eigenvalue weighted by Gasteiger charge is -2.07. The molecule has 3 N–H and O–H groups in total. The van der Waals surface area contributed by atoms with Crippen molar-refractivity contribution in [3.05, 3.63) is 58.6 Å². The Morgan fingerprint density at radius 2 is 1.84 bits per heavy atom. The second-order valence-corrected chi connectivity index (χ2v) is 4.23. The largest absolute Gasteiger partial charge is 0.399 e. The van der Waals surface area contributed by atoms with E-state index in [9.17, 15) is 13.6 Å². The quantitative estimate of drug-likeness (QED) is 0.829. The second-order valence-electron chi connectivity index (χ2n) is 3.82. The summed E-state index contributed by atoms with van der Waals surface area (Å²) >= 11 is 5.52. The predicted molar refractivity (Wildman–Crippen MR) is 70.2 cm³/mol. The van der Waals surface area contributed by atoms with Crippen LogP contribution < -0.4 is 11.1 Å². The number of hydrogen-bond acceptors (Lipinski definition) is 2. The number of anilines is 2. The van der Waals surface area contributed by atoms with Crippen molar-refractivity contribution >= 4 is 28.9 Å². The molecule has 0 spiro atoms. The molecule has 0 saturated carbocycles. The van der Waals surface area contributed by atoms with Gasteiger partial charge < -0.3 is 11.1 Å². The highest BCUT2D eigenvalue weighted by atomic mass is 35.5. The van der Waals surface area contributed by atoms with E-state index >= 15 is 0 Å². The fourth-order valence-corrected chi connectivity index (χ4v) is 1.61. The van der Waals surface area contributed by atoms with Crippen LogP contribution in [0.4, 0.5) is 20.2 Å². The van der Waals surface area contributed by atoms with Crippen LogP contribution in [0.3, 0.4) is 0 Å². The van der Waals surface area contributed by atoms with E-state index in [2.05, 4.69) is 5.32 Å². The summed E-state index contributed by atoms with van der Waals surface area (Å²) in [7, 11) is 0. The minimum atomic E-state index is -0.716. The number of halogens is 3. The lowest BCUT2D eigenvalue weighted by Crippen LogP contribution is -2.14. The van der Waals surface area contributed by atoms with Gasteiger partial charge in [0.05, 0.1) is 10.6 Å². The van der Waals surface area contributed by atoms with Crippen molar-refractivity contribution in [3.63, 3.8) is 0 Å². The zero-order valence-corrected chi connectivity index (χ0v) is 10.3. The molecule has 2 rings (SSSR count). The van der Waals surface area contributed by atoms with E-state index in [0.717, 1.165) is 12.1 Å². The average molecular weight is 283 g/mol. The van der Waals surface area contributed by atoms with Gasteiger partial charge in [-0.15, -0.1) is 0 Å². The summed E-state index contributed by atoms with van der Waals surface area (Å²) in [5, 5.41) is 2.30. The molecule has 0 unspecified atom stereocenters. The van der Waals surface area contributed by atoms with E-state index in [1.165, 1.54) is 24.3 Å². The topological polar surface area (TPSA) is 55.1 Å². The van der Waals surface area contributed by atoms with Gasteiger partial charge in [0, 0.05) is 11.4 Å². The molecule has 2 aromatic rings. The lowest BCUT2D eigenvalue weighted by molar-refractivity contribution is 0.102. The Labute approximate surface area is 113 Å². The van der Waals surface area contributed by atoms with E-state index in [1.54, 1.807) is 0 Å². The minimum Gasteiger partial charge on any atom is -0.399 e. The SMILES string of the molecule is Nc1ccc(F)c(C(=O)Nc2ccc(Cl)c(F)c2)c1. The highest BCUT2D eigenvalue weighted by Crippen LogP contribution is 2.20. The molecule has 0 saturated heterocycles. The minimum absolute atomic E-state index is 0.0619. The van der Waals surface area contributed by atoms with Gasteiger partial charge in [0.2, 0.25) is 0 Å². The summed E-state index contributed by atoms with van der Waals surface area (Å²) < 4.78 is 26.7. The van der Waals surface area contributed by atoms with Crippen molar-refractivity contribution in [1.82, 2.24) is 0 Å². The van der Waals surface area contributed by atoms with Crippen molar-refractivity contribution in [2.24, 2.45) is 0 Å². The van der Waals surface area contributed by atoms with Crippen LogP contribution in [0.25, 0.3) is 0 Å². The zero-order chi connectivity index (χ0) is 14.0. The van der Waals surface area contributed by atoms with Gasteiger partial charge in [0.15, 0.2) is 0 Å². The Morgan fingerprint density at radius 3 is 2.53 bits per heavy atom. The van der Waals surface area contributed by atoms with Gasteiger partial charge in [0.25, 0.3) is 5.91 Å². The molecule has 19 heavy (non-hydrogen) atoms. The fourth-order valence-electron chi connectivity index (χ4n) is 1.49. The Hall–Kier alpha value is -2.14. The summed E-state index contributed by atoms with van der Waals surface area (Å²) in [6.45, 7) is 0. The van der Waals surface area contributed by atoms with Gasteiger partial charge in [-0.25, -0.2) is 8.78 Å². The number of carbonyl (C=O) groups is 1. The first kappa shape index (κ1) is 13.3. The molecule has 0 aromatic heterocycles. The summed E-state index contributed by atoms with van der Waals surface area (Å²) in [5.41, 5.74) is 5.70. The van der Waals surface area contributed by atoms with Crippen LogP contribution >= 0.6 is 11.6 Å². The van der Waals surface area contributed by atoms with Crippen molar-refractivity contribution in [2.75, 3.05) is 11.1 Å². The number of benzene rings is 2. The third kappa shape index (κ3) is 3.00. The van der Waals surface area contributed by atoms with Gasteiger partial charge in [0.1, 0.15) is 11.6 Å². The van der Waals surface area contributed by atoms with E-state index in [4.69, 9.17) is 17.3 Å².